The molecule has 2 aliphatic rings. The Bertz CT molecular complexity index is 173. The number of nitrogens with zero attached hydrogens (tertiary/aromatic N) is 1. The zero-order valence-corrected chi connectivity index (χ0v) is 8.39. The number of likely N-dealkylation sites (tertiary alicyclic amines) is 1. The van der Waals surface area contributed by atoms with E-state index in [4.69, 9.17) is 0 Å². The topological polar surface area (TPSA) is 15.3 Å². The van der Waals surface area contributed by atoms with Crippen molar-refractivity contribution in [3.05, 3.63) is 11.6 Å². The molecule has 0 radical (unpaired) electrons. The Morgan fingerprint density at radius 3 is 2.54 bits per heavy atom. The van der Waals surface area contributed by atoms with E-state index in [2.05, 4.69) is 16.3 Å². The SMILES string of the molecule is C(CN1CCCC1)=C1CCNCC1. The molecule has 2 aliphatic heterocycles. The Kier molecular flexibility index (Phi) is 3.39. The van der Waals surface area contributed by atoms with Gasteiger partial charge in [0.1, 0.15) is 0 Å². The van der Waals surface area contributed by atoms with E-state index < -0.39 is 0 Å². The van der Waals surface area contributed by atoms with Crippen LogP contribution in [0, 0.1) is 0 Å². The first-order chi connectivity index (χ1) is 6.45. The van der Waals surface area contributed by atoms with Crippen LogP contribution in [0.4, 0.5) is 0 Å². The van der Waals surface area contributed by atoms with Crippen LogP contribution in [0.1, 0.15) is 25.7 Å². The molecule has 0 aliphatic carbocycles. The fraction of sp³-hybridized carbons (Fsp3) is 0.818. The number of piperidine rings is 1. The molecular formula is C11H20N2. The first kappa shape index (κ1) is 9.22. The Hall–Kier alpha value is -0.340. The number of hydrogen-bond acceptors (Lipinski definition) is 2. The maximum atomic E-state index is 3.39. The molecule has 0 saturated carbocycles. The second kappa shape index (κ2) is 4.77. The highest BCUT2D eigenvalue weighted by atomic mass is 15.1. The Labute approximate surface area is 81.0 Å². The fourth-order valence-electron chi connectivity index (χ4n) is 2.18. The molecule has 0 atom stereocenters. The highest BCUT2D eigenvalue weighted by Gasteiger charge is 2.10. The summed E-state index contributed by atoms with van der Waals surface area (Å²) >= 11 is 0. The molecule has 2 fully saturated rings. The molecule has 2 saturated heterocycles. The van der Waals surface area contributed by atoms with Crippen LogP contribution in [-0.4, -0.2) is 37.6 Å². The molecule has 0 bridgehead atoms. The zero-order valence-electron chi connectivity index (χ0n) is 8.39. The second-order valence-electron chi connectivity index (χ2n) is 4.12. The van der Waals surface area contributed by atoms with E-state index in [0.29, 0.717) is 0 Å². The van der Waals surface area contributed by atoms with E-state index in [1.807, 2.05) is 0 Å². The van der Waals surface area contributed by atoms with Gasteiger partial charge in [-0.1, -0.05) is 11.6 Å². The quantitative estimate of drug-likeness (QED) is 0.646. The minimum atomic E-state index is 1.19. The van der Waals surface area contributed by atoms with Crippen molar-refractivity contribution >= 4 is 0 Å². The van der Waals surface area contributed by atoms with E-state index in [1.54, 1.807) is 5.57 Å². The standard InChI is InChI=1S/C11H20N2/c1-2-9-13(8-1)10-5-11-3-6-12-7-4-11/h5,12H,1-4,6-10H2. The molecule has 0 aromatic rings. The van der Waals surface area contributed by atoms with E-state index in [-0.39, 0.29) is 0 Å². The molecule has 13 heavy (non-hydrogen) atoms. The summed E-state index contributed by atoms with van der Waals surface area (Å²) < 4.78 is 0. The first-order valence-electron chi connectivity index (χ1n) is 5.56. The van der Waals surface area contributed by atoms with Crippen molar-refractivity contribution in [3.63, 3.8) is 0 Å². The lowest BCUT2D eigenvalue weighted by atomic mass is 10.1. The van der Waals surface area contributed by atoms with Crippen LogP contribution in [0.25, 0.3) is 0 Å². The number of rotatable bonds is 2. The molecular weight excluding hydrogens is 160 g/mol. The molecule has 2 heterocycles. The normalized spacial score (nSPS) is 25.1. The van der Waals surface area contributed by atoms with Crippen molar-refractivity contribution in [2.75, 3.05) is 32.7 Å². The van der Waals surface area contributed by atoms with Crippen molar-refractivity contribution < 1.29 is 0 Å². The average Bonchev–Trinajstić information content (AvgIpc) is 2.69. The highest BCUT2D eigenvalue weighted by molar-refractivity contribution is 5.06. The van der Waals surface area contributed by atoms with Gasteiger partial charge in [-0.3, -0.25) is 4.90 Å². The van der Waals surface area contributed by atoms with Crippen LogP contribution in [0.15, 0.2) is 11.6 Å². The molecule has 0 amide bonds. The van der Waals surface area contributed by atoms with Crippen molar-refractivity contribution in [2.24, 2.45) is 0 Å². The Balaban J connectivity index is 1.74. The maximum Gasteiger partial charge on any atom is 0.0165 e. The molecule has 0 aromatic heterocycles. The first-order valence-corrected chi connectivity index (χ1v) is 5.56. The fourth-order valence-corrected chi connectivity index (χ4v) is 2.18. The molecule has 2 heteroatoms. The smallest absolute Gasteiger partial charge is 0.0165 e. The van der Waals surface area contributed by atoms with E-state index in [9.17, 15) is 0 Å². The van der Waals surface area contributed by atoms with Crippen LogP contribution < -0.4 is 5.32 Å². The molecule has 0 aromatic carbocycles. The lowest BCUT2D eigenvalue weighted by Gasteiger charge is -2.17. The predicted octanol–water partition coefficient (Wildman–Crippen LogP) is 1.39. The summed E-state index contributed by atoms with van der Waals surface area (Å²) in [5, 5.41) is 3.39. The molecule has 2 nitrogen and oxygen atoms in total. The van der Waals surface area contributed by atoms with Gasteiger partial charge in [0.2, 0.25) is 0 Å². The average molecular weight is 180 g/mol. The van der Waals surface area contributed by atoms with Crippen molar-refractivity contribution in [2.45, 2.75) is 25.7 Å². The van der Waals surface area contributed by atoms with Crippen LogP contribution in [0.5, 0.6) is 0 Å². The number of hydrogen-bond donors (Lipinski definition) is 1. The third-order valence-corrected chi connectivity index (χ3v) is 3.08. The van der Waals surface area contributed by atoms with Gasteiger partial charge in [-0.2, -0.15) is 0 Å². The van der Waals surface area contributed by atoms with Gasteiger partial charge in [-0.05, 0) is 51.9 Å². The lowest BCUT2D eigenvalue weighted by molar-refractivity contribution is 0.375. The van der Waals surface area contributed by atoms with Crippen LogP contribution >= 0.6 is 0 Å². The van der Waals surface area contributed by atoms with Gasteiger partial charge in [0.05, 0.1) is 0 Å². The monoisotopic (exact) mass is 180 g/mol. The van der Waals surface area contributed by atoms with Crippen molar-refractivity contribution in [1.29, 1.82) is 0 Å². The lowest BCUT2D eigenvalue weighted by Crippen LogP contribution is -2.24. The molecule has 0 unspecified atom stereocenters. The van der Waals surface area contributed by atoms with Gasteiger partial charge in [0.25, 0.3) is 0 Å². The van der Waals surface area contributed by atoms with E-state index >= 15 is 0 Å². The largest absolute Gasteiger partial charge is 0.316 e. The van der Waals surface area contributed by atoms with Crippen molar-refractivity contribution in [1.82, 2.24) is 10.2 Å². The zero-order chi connectivity index (χ0) is 8.93. The molecule has 2 rings (SSSR count). The van der Waals surface area contributed by atoms with Crippen LogP contribution in [-0.2, 0) is 0 Å². The number of nitrogens with one attached hydrogen (secondary N) is 1. The summed E-state index contributed by atoms with van der Waals surface area (Å²) in [6, 6.07) is 0. The summed E-state index contributed by atoms with van der Waals surface area (Å²) in [6.07, 6.45) is 7.82. The van der Waals surface area contributed by atoms with Crippen LogP contribution in [0.3, 0.4) is 0 Å². The van der Waals surface area contributed by atoms with Crippen LogP contribution in [0.2, 0.25) is 0 Å². The Morgan fingerprint density at radius 1 is 1.15 bits per heavy atom. The third kappa shape index (κ3) is 2.82. The van der Waals surface area contributed by atoms with Gasteiger partial charge in [0, 0.05) is 6.54 Å². The second-order valence-corrected chi connectivity index (χ2v) is 4.12. The summed E-state index contributed by atoms with van der Waals surface area (Å²) in [6.45, 7) is 6.22. The third-order valence-electron chi connectivity index (χ3n) is 3.08. The summed E-state index contributed by atoms with van der Waals surface area (Å²) in [5.41, 5.74) is 1.67. The molecule has 0 spiro atoms. The van der Waals surface area contributed by atoms with Gasteiger partial charge in [-0.15, -0.1) is 0 Å². The summed E-state index contributed by atoms with van der Waals surface area (Å²) in [5.74, 6) is 0. The van der Waals surface area contributed by atoms with Gasteiger partial charge in [0.15, 0.2) is 0 Å². The van der Waals surface area contributed by atoms with Gasteiger partial charge >= 0.3 is 0 Å². The van der Waals surface area contributed by atoms with Gasteiger partial charge < -0.3 is 5.32 Å². The van der Waals surface area contributed by atoms with E-state index in [0.717, 1.165) is 0 Å². The highest BCUT2D eigenvalue weighted by Crippen LogP contribution is 2.12. The van der Waals surface area contributed by atoms with E-state index in [1.165, 1.54) is 58.4 Å². The minimum Gasteiger partial charge on any atom is -0.316 e. The van der Waals surface area contributed by atoms with Crippen molar-refractivity contribution in [3.8, 4) is 0 Å². The predicted molar refractivity (Wildman–Crippen MR) is 55.9 cm³/mol. The molecule has 74 valence electrons. The summed E-state index contributed by atoms with van der Waals surface area (Å²) in [4.78, 5) is 2.56. The van der Waals surface area contributed by atoms with Gasteiger partial charge in [-0.25, -0.2) is 0 Å². The molecule has 1 N–H and O–H groups in total. The summed E-state index contributed by atoms with van der Waals surface area (Å²) in [7, 11) is 0. The Morgan fingerprint density at radius 2 is 1.85 bits per heavy atom. The maximum absolute atomic E-state index is 3.39. The minimum absolute atomic E-state index is 1.19.